The molecule has 0 amide bonds. The minimum absolute atomic E-state index is 0.227. The van der Waals surface area contributed by atoms with Gasteiger partial charge in [0, 0.05) is 22.9 Å². The van der Waals surface area contributed by atoms with E-state index in [9.17, 15) is 4.39 Å². The monoisotopic (exact) mass is 521 g/mol. The van der Waals surface area contributed by atoms with E-state index in [2.05, 4.69) is 72.8 Å². The molecular formula is C35H20FNOS. The summed E-state index contributed by atoms with van der Waals surface area (Å²) < 4.78 is 20.6. The molecule has 7 aromatic rings. The lowest BCUT2D eigenvalue weighted by atomic mass is 9.92. The fourth-order valence-electron chi connectivity index (χ4n) is 5.59. The maximum Gasteiger partial charge on any atom is 0.149 e. The molecule has 8 rings (SSSR count). The topological polar surface area (TPSA) is 22.1 Å². The maximum absolute atomic E-state index is 14.2. The number of rotatable bonds is 2. The van der Waals surface area contributed by atoms with E-state index in [1.54, 1.807) is 17.8 Å². The van der Waals surface area contributed by atoms with Crippen LogP contribution in [0, 0.1) is 5.82 Å². The SMILES string of the molecule is Fc1ccc2c3ccccc3c3cc(-c4ccc(-c5cccc6c5Oc5ccccc5S6)cn4)ccc3c2c1. The highest BCUT2D eigenvalue weighted by molar-refractivity contribution is 7.99. The Kier molecular flexibility index (Phi) is 4.97. The van der Waals surface area contributed by atoms with Crippen molar-refractivity contribution in [1.82, 2.24) is 4.98 Å². The van der Waals surface area contributed by atoms with Crippen LogP contribution >= 0.6 is 11.8 Å². The second kappa shape index (κ2) is 8.69. The number of para-hydroxylation sites is 2. The van der Waals surface area contributed by atoms with Crippen molar-refractivity contribution in [2.24, 2.45) is 0 Å². The Morgan fingerprint density at radius 2 is 1.26 bits per heavy atom. The van der Waals surface area contributed by atoms with Crippen molar-refractivity contribution in [1.29, 1.82) is 0 Å². The van der Waals surface area contributed by atoms with Gasteiger partial charge in [-0.1, -0.05) is 84.6 Å². The summed E-state index contributed by atoms with van der Waals surface area (Å²) in [7, 11) is 0. The highest BCUT2D eigenvalue weighted by Crippen LogP contribution is 2.50. The fourth-order valence-corrected chi connectivity index (χ4v) is 6.57. The lowest BCUT2D eigenvalue weighted by Gasteiger charge is -2.22. The average molecular weight is 522 g/mol. The second-order valence-corrected chi connectivity index (χ2v) is 10.8. The van der Waals surface area contributed by atoms with Gasteiger partial charge in [0.05, 0.1) is 15.5 Å². The Hall–Kier alpha value is -4.67. The number of aromatic nitrogens is 1. The molecule has 0 saturated carbocycles. The van der Waals surface area contributed by atoms with Crippen molar-refractivity contribution < 1.29 is 9.13 Å². The quantitative estimate of drug-likeness (QED) is 0.211. The first kappa shape index (κ1) is 22.3. The molecule has 0 atom stereocenters. The van der Waals surface area contributed by atoms with E-state index >= 15 is 0 Å². The van der Waals surface area contributed by atoms with Gasteiger partial charge in [-0.2, -0.15) is 0 Å². The number of hydrogen-bond donors (Lipinski definition) is 0. The molecule has 1 aromatic heterocycles. The van der Waals surface area contributed by atoms with Crippen LogP contribution in [-0.4, -0.2) is 4.98 Å². The molecule has 0 unspecified atom stereocenters. The molecule has 0 bridgehead atoms. The van der Waals surface area contributed by atoms with E-state index in [1.807, 2.05) is 36.5 Å². The van der Waals surface area contributed by atoms with Gasteiger partial charge in [0.2, 0.25) is 0 Å². The van der Waals surface area contributed by atoms with Gasteiger partial charge in [0.1, 0.15) is 17.3 Å². The van der Waals surface area contributed by atoms with Crippen LogP contribution in [0.25, 0.3) is 54.7 Å². The van der Waals surface area contributed by atoms with Gasteiger partial charge in [-0.15, -0.1) is 0 Å². The van der Waals surface area contributed by atoms with Crippen molar-refractivity contribution in [3.8, 4) is 33.9 Å². The maximum atomic E-state index is 14.2. The molecule has 39 heavy (non-hydrogen) atoms. The van der Waals surface area contributed by atoms with Crippen molar-refractivity contribution in [2.45, 2.75) is 9.79 Å². The smallest absolute Gasteiger partial charge is 0.149 e. The van der Waals surface area contributed by atoms with E-state index in [-0.39, 0.29) is 5.82 Å². The normalized spacial score (nSPS) is 12.3. The van der Waals surface area contributed by atoms with Crippen LogP contribution < -0.4 is 4.74 Å². The number of halogens is 1. The number of pyridine rings is 1. The third-order valence-corrected chi connectivity index (χ3v) is 8.53. The highest BCUT2D eigenvalue weighted by atomic mass is 32.2. The predicted molar refractivity (Wildman–Crippen MR) is 158 cm³/mol. The molecule has 0 spiro atoms. The van der Waals surface area contributed by atoms with E-state index in [4.69, 9.17) is 9.72 Å². The zero-order valence-electron chi connectivity index (χ0n) is 20.7. The van der Waals surface area contributed by atoms with Crippen LogP contribution in [0.15, 0.2) is 131 Å². The highest BCUT2D eigenvalue weighted by Gasteiger charge is 2.21. The van der Waals surface area contributed by atoms with Crippen LogP contribution in [0.3, 0.4) is 0 Å². The average Bonchev–Trinajstić information content (AvgIpc) is 2.99. The van der Waals surface area contributed by atoms with Gasteiger partial charge in [-0.3, -0.25) is 4.98 Å². The first-order chi connectivity index (χ1) is 19.2. The lowest BCUT2D eigenvalue weighted by molar-refractivity contribution is 0.456. The lowest BCUT2D eigenvalue weighted by Crippen LogP contribution is -1.97. The summed E-state index contributed by atoms with van der Waals surface area (Å²) in [5.41, 5.74) is 3.93. The molecule has 0 aliphatic carbocycles. The summed E-state index contributed by atoms with van der Waals surface area (Å²) in [6, 6.07) is 38.2. The van der Waals surface area contributed by atoms with Crippen molar-refractivity contribution >= 4 is 44.1 Å². The minimum Gasteiger partial charge on any atom is -0.454 e. The molecule has 0 N–H and O–H groups in total. The molecular weight excluding hydrogens is 501 g/mol. The molecule has 4 heteroatoms. The Labute approximate surface area is 228 Å². The number of hydrogen-bond acceptors (Lipinski definition) is 3. The summed E-state index contributed by atoms with van der Waals surface area (Å²) in [5.74, 6) is 1.52. The van der Waals surface area contributed by atoms with Gasteiger partial charge in [0.15, 0.2) is 0 Å². The molecule has 0 fully saturated rings. The number of ether oxygens (including phenoxy) is 1. The van der Waals surface area contributed by atoms with Crippen LogP contribution in [-0.2, 0) is 0 Å². The second-order valence-electron chi connectivity index (χ2n) is 9.71. The van der Waals surface area contributed by atoms with E-state index in [1.165, 1.54) is 6.07 Å². The Bertz CT molecular complexity index is 2080. The minimum atomic E-state index is -0.227. The Balaban J connectivity index is 1.23. The van der Waals surface area contributed by atoms with Gasteiger partial charge in [-0.05, 0) is 74.8 Å². The van der Waals surface area contributed by atoms with Crippen LogP contribution in [0.5, 0.6) is 11.5 Å². The summed E-state index contributed by atoms with van der Waals surface area (Å²) in [5, 5.41) is 6.38. The molecule has 0 radical (unpaired) electrons. The van der Waals surface area contributed by atoms with Crippen molar-refractivity contribution in [2.75, 3.05) is 0 Å². The molecule has 184 valence electrons. The van der Waals surface area contributed by atoms with Crippen molar-refractivity contribution in [3.05, 3.63) is 127 Å². The summed E-state index contributed by atoms with van der Waals surface area (Å²) in [6.07, 6.45) is 1.91. The summed E-state index contributed by atoms with van der Waals surface area (Å²) in [4.78, 5) is 7.08. The molecule has 6 aromatic carbocycles. The van der Waals surface area contributed by atoms with E-state index in [0.29, 0.717) is 0 Å². The van der Waals surface area contributed by atoms with Crippen LogP contribution in [0.1, 0.15) is 0 Å². The number of nitrogens with zero attached hydrogens (tertiary/aromatic N) is 1. The van der Waals surface area contributed by atoms with E-state index < -0.39 is 0 Å². The van der Waals surface area contributed by atoms with Crippen LogP contribution in [0.2, 0.25) is 0 Å². The molecule has 2 nitrogen and oxygen atoms in total. The standard InChI is InChI=1S/C35H20FNOS/c36-23-14-16-27-25-6-1-2-7-26(25)29-18-21(12-15-28(29)30(27)19-23)31-17-13-22(20-37-31)24-8-5-11-34-35(24)38-32-9-3-4-10-33(32)39-34/h1-20H. The summed E-state index contributed by atoms with van der Waals surface area (Å²) in [6.45, 7) is 0. The Morgan fingerprint density at radius 3 is 2.13 bits per heavy atom. The molecule has 0 saturated heterocycles. The fraction of sp³-hybridized carbons (Fsp3) is 0. The molecule has 2 heterocycles. The predicted octanol–water partition coefficient (Wildman–Crippen LogP) is 10.3. The first-order valence-corrected chi connectivity index (χ1v) is 13.6. The molecule has 1 aliphatic rings. The summed E-state index contributed by atoms with van der Waals surface area (Å²) >= 11 is 1.73. The van der Waals surface area contributed by atoms with Gasteiger partial charge in [0.25, 0.3) is 0 Å². The van der Waals surface area contributed by atoms with E-state index in [0.717, 1.165) is 76.0 Å². The van der Waals surface area contributed by atoms with Gasteiger partial charge >= 0.3 is 0 Å². The van der Waals surface area contributed by atoms with Crippen LogP contribution in [0.4, 0.5) is 4.39 Å². The third-order valence-electron chi connectivity index (χ3n) is 7.43. The number of fused-ring (bicyclic) bond motifs is 8. The number of benzene rings is 6. The first-order valence-electron chi connectivity index (χ1n) is 12.8. The zero-order chi connectivity index (χ0) is 25.9. The Morgan fingerprint density at radius 1 is 0.564 bits per heavy atom. The third kappa shape index (κ3) is 3.60. The van der Waals surface area contributed by atoms with Gasteiger partial charge in [-0.25, -0.2) is 4.39 Å². The van der Waals surface area contributed by atoms with Crippen molar-refractivity contribution in [3.63, 3.8) is 0 Å². The largest absolute Gasteiger partial charge is 0.454 e. The van der Waals surface area contributed by atoms with Gasteiger partial charge < -0.3 is 4.74 Å². The zero-order valence-corrected chi connectivity index (χ0v) is 21.5. The molecule has 1 aliphatic heterocycles.